The fourth-order valence-electron chi connectivity index (χ4n) is 3.44. The monoisotopic (exact) mass is 322 g/mol. The summed E-state index contributed by atoms with van der Waals surface area (Å²) >= 11 is 0. The van der Waals surface area contributed by atoms with Gasteiger partial charge in [0.25, 0.3) is 0 Å². The number of para-hydroxylation sites is 1. The molecule has 1 aliphatic carbocycles. The van der Waals surface area contributed by atoms with Gasteiger partial charge in [-0.25, -0.2) is 9.97 Å². The number of hydrogen-bond acceptors (Lipinski definition) is 5. The van der Waals surface area contributed by atoms with Crippen molar-refractivity contribution in [3.8, 4) is 0 Å². The van der Waals surface area contributed by atoms with E-state index in [0.717, 1.165) is 22.5 Å². The Hall–Kier alpha value is -2.50. The van der Waals surface area contributed by atoms with Gasteiger partial charge in [0.1, 0.15) is 12.2 Å². The first kappa shape index (κ1) is 15.1. The number of benzene rings is 1. The van der Waals surface area contributed by atoms with E-state index in [9.17, 15) is 0 Å². The zero-order valence-electron chi connectivity index (χ0n) is 13.7. The Bertz CT molecular complexity index is 804. The standard InChI is InChI=1S/C18H22N6/c1-2-4-8-13(9-5-3-1)16-19-12-20-18(21-16)22-17-14-10-6-7-11-15(14)23-24-17/h6-7,10-13H,1-5,8-9H2,(H2,19,20,21,22,23,24). The van der Waals surface area contributed by atoms with Crippen molar-refractivity contribution >= 4 is 22.7 Å². The number of rotatable bonds is 3. The molecule has 24 heavy (non-hydrogen) atoms. The van der Waals surface area contributed by atoms with Crippen LogP contribution in [0, 0.1) is 0 Å². The van der Waals surface area contributed by atoms with Crippen molar-refractivity contribution in [1.82, 2.24) is 25.1 Å². The summed E-state index contributed by atoms with van der Waals surface area (Å²) in [6.07, 6.45) is 10.5. The zero-order chi connectivity index (χ0) is 16.2. The van der Waals surface area contributed by atoms with Crippen LogP contribution in [-0.4, -0.2) is 25.1 Å². The zero-order valence-corrected chi connectivity index (χ0v) is 13.7. The molecule has 6 nitrogen and oxygen atoms in total. The van der Waals surface area contributed by atoms with E-state index in [1.165, 1.54) is 44.9 Å². The molecule has 2 heterocycles. The van der Waals surface area contributed by atoms with Crippen molar-refractivity contribution in [2.45, 2.75) is 50.9 Å². The van der Waals surface area contributed by atoms with Crippen molar-refractivity contribution < 1.29 is 0 Å². The topological polar surface area (TPSA) is 79.4 Å². The molecule has 6 heteroatoms. The van der Waals surface area contributed by atoms with Gasteiger partial charge in [0.15, 0.2) is 5.82 Å². The second-order valence-electron chi connectivity index (χ2n) is 6.45. The smallest absolute Gasteiger partial charge is 0.231 e. The van der Waals surface area contributed by atoms with Gasteiger partial charge in [0.2, 0.25) is 5.95 Å². The van der Waals surface area contributed by atoms with Crippen LogP contribution in [0.25, 0.3) is 10.9 Å². The number of hydrogen-bond donors (Lipinski definition) is 2. The SMILES string of the molecule is c1ccc2c(Nc3ncnc(C4CCCCCCC4)n3)n[nH]c2c1. The Morgan fingerprint density at radius 1 is 0.958 bits per heavy atom. The molecule has 0 amide bonds. The van der Waals surface area contributed by atoms with E-state index in [1.807, 2.05) is 24.3 Å². The molecule has 0 unspecified atom stereocenters. The first-order valence-corrected chi connectivity index (χ1v) is 8.79. The molecule has 4 rings (SSSR count). The number of fused-ring (bicyclic) bond motifs is 1. The Morgan fingerprint density at radius 3 is 2.62 bits per heavy atom. The maximum absolute atomic E-state index is 4.66. The summed E-state index contributed by atoms with van der Waals surface area (Å²) in [5.41, 5.74) is 0.995. The van der Waals surface area contributed by atoms with E-state index < -0.39 is 0 Å². The maximum Gasteiger partial charge on any atom is 0.231 e. The third-order valence-electron chi connectivity index (χ3n) is 4.76. The molecular formula is C18H22N6. The quantitative estimate of drug-likeness (QED) is 0.750. The molecule has 0 radical (unpaired) electrons. The third kappa shape index (κ3) is 3.22. The Labute approximate surface area is 141 Å². The minimum atomic E-state index is 0.449. The lowest BCUT2D eigenvalue weighted by Gasteiger charge is -2.18. The Morgan fingerprint density at radius 2 is 1.75 bits per heavy atom. The highest BCUT2D eigenvalue weighted by Gasteiger charge is 2.17. The molecule has 0 aliphatic heterocycles. The highest BCUT2D eigenvalue weighted by Crippen LogP contribution is 2.29. The number of H-pyrrole nitrogens is 1. The molecule has 0 saturated heterocycles. The summed E-state index contributed by atoms with van der Waals surface area (Å²) in [5.74, 6) is 2.68. The van der Waals surface area contributed by atoms with Gasteiger partial charge in [-0.15, -0.1) is 0 Å². The van der Waals surface area contributed by atoms with Crippen LogP contribution in [0.4, 0.5) is 11.8 Å². The summed E-state index contributed by atoms with van der Waals surface area (Å²) in [7, 11) is 0. The van der Waals surface area contributed by atoms with Gasteiger partial charge in [-0.05, 0) is 25.0 Å². The molecule has 1 aliphatic rings. The van der Waals surface area contributed by atoms with Crippen LogP contribution >= 0.6 is 0 Å². The summed E-state index contributed by atoms with van der Waals surface area (Å²) < 4.78 is 0. The Kier molecular flexibility index (Phi) is 4.36. The van der Waals surface area contributed by atoms with E-state index in [-0.39, 0.29) is 0 Å². The van der Waals surface area contributed by atoms with Crippen molar-refractivity contribution in [2.24, 2.45) is 0 Å². The molecular weight excluding hydrogens is 300 g/mol. The normalized spacial score (nSPS) is 16.7. The van der Waals surface area contributed by atoms with E-state index >= 15 is 0 Å². The second-order valence-corrected chi connectivity index (χ2v) is 6.45. The number of nitrogens with one attached hydrogen (secondary N) is 2. The summed E-state index contributed by atoms with van der Waals surface area (Å²) in [6, 6.07) is 8.01. The molecule has 0 bridgehead atoms. The van der Waals surface area contributed by atoms with Crippen LogP contribution in [0.5, 0.6) is 0 Å². The first-order chi connectivity index (χ1) is 11.9. The summed E-state index contributed by atoms with van der Waals surface area (Å²) in [6.45, 7) is 0. The fourth-order valence-corrected chi connectivity index (χ4v) is 3.44. The van der Waals surface area contributed by atoms with Crippen LogP contribution in [-0.2, 0) is 0 Å². The van der Waals surface area contributed by atoms with Gasteiger partial charge in [0.05, 0.1) is 5.52 Å². The lowest BCUT2D eigenvalue weighted by Crippen LogP contribution is -2.09. The van der Waals surface area contributed by atoms with Crippen molar-refractivity contribution in [3.05, 3.63) is 36.4 Å². The third-order valence-corrected chi connectivity index (χ3v) is 4.76. The van der Waals surface area contributed by atoms with Crippen LogP contribution in [0.3, 0.4) is 0 Å². The minimum Gasteiger partial charge on any atom is -0.307 e. The highest BCUT2D eigenvalue weighted by atomic mass is 15.2. The van der Waals surface area contributed by atoms with Crippen molar-refractivity contribution in [3.63, 3.8) is 0 Å². The number of nitrogens with zero attached hydrogens (tertiary/aromatic N) is 4. The van der Waals surface area contributed by atoms with Gasteiger partial charge in [0, 0.05) is 11.3 Å². The van der Waals surface area contributed by atoms with Crippen LogP contribution < -0.4 is 5.32 Å². The van der Waals surface area contributed by atoms with Crippen LogP contribution in [0.2, 0.25) is 0 Å². The van der Waals surface area contributed by atoms with Gasteiger partial charge in [-0.1, -0.05) is 44.2 Å². The van der Waals surface area contributed by atoms with E-state index in [0.29, 0.717) is 11.9 Å². The lowest BCUT2D eigenvalue weighted by molar-refractivity contribution is 0.442. The van der Waals surface area contributed by atoms with Gasteiger partial charge >= 0.3 is 0 Å². The molecule has 1 fully saturated rings. The fraction of sp³-hybridized carbons (Fsp3) is 0.444. The molecule has 1 saturated carbocycles. The van der Waals surface area contributed by atoms with Gasteiger partial charge < -0.3 is 5.32 Å². The number of anilines is 2. The number of aromatic amines is 1. The molecule has 0 atom stereocenters. The predicted octanol–water partition coefficient (Wildman–Crippen LogP) is 4.32. The Balaban J connectivity index is 1.56. The van der Waals surface area contributed by atoms with E-state index in [1.54, 1.807) is 6.33 Å². The maximum atomic E-state index is 4.66. The molecule has 2 N–H and O–H groups in total. The van der Waals surface area contributed by atoms with Crippen LogP contribution in [0.1, 0.15) is 56.7 Å². The van der Waals surface area contributed by atoms with E-state index in [4.69, 9.17) is 0 Å². The predicted molar refractivity (Wildman–Crippen MR) is 94.3 cm³/mol. The summed E-state index contributed by atoms with van der Waals surface area (Å²) in [5, 5.41) is 11.6. The average molecular weight is 322 g/mol. The highest BCUT2D eigenvalue weighted by molar-refractivity contribution is 5.90. The molecule has 124 valence electrons. The summed E-state index contributed by atoms with van der Waals surface area (Å²) in [4.78, 5) is 13.4. The average Bonchev–Trinajstić information content (AvgIpc) is 2.98. The molecule has 0 spiro atoms. The van der Waals surface area contributed by atoms with Crippen molar-refractivity contribution in [2.75, 3.05) is 5.32 Å². The number of aromatic nitrogens is 5. The lowest BCUT2D eigenvalue weighted by atomic mass is 9.90. The molecule has 3 aromatic rings. The van der Waals surface area contributed by atoms with Gasteiger partial charge in [-0.2, -0.15) is 10.1 Å². The van der Waals surface area contributed by atoms with Crippen LogP contribution in [0.15, 0.2) is 30.6 Å². The van der Waals surface area contributed by atoms with E-state index in [2.05, 4.69) is 30.5 Å². The first-order valence-electron chi connectivity index (χ1n) is 8.79. The molecule has 2 aromatic heterocycles. The largest absolute Gasteiger partial charge is 0.307 e. The second kappa shape index (κ2) is 6.95. The van der Waals surface area contributed by atoms with Gasteiger partial charge in [-0.3, -0.25) is 5.10 Å². The molecule has 1 aromatic carbocycles. The minimum absolute atomic E-state index is 0.449. The van der Waals surface area contributed by atoms with Crippen molar-refractivity contribution in [1.29, 1.82) is 0 Å².